The van der Waals surface area contributed by atoms with E-state index in [0.717, 1.165) is 44.5 Å². The van der Waals surface area contributed by atoms with Gasteiger partial charge in [0.05, 0.1) is 32.2 Å². The molecule has 1 aliphatic carbocycles. The van der Waals surface area contributed by atoms with E-state index < -0.39 is 0 Å². The predicted molar refractivity (Wildman–Crippen MR) is 59.8 cm³/mol. The molecule has 1 aliphatic heterocycles. The zero-order chi connectivity index (χ0) is 10.7. The third-order valence-electron chi connectivity index (χ3n) is 4.10. The van der Waals surface area contributed by atoms with Crippen molar-refractivity contribution in [2.45, 2.75) is 38.6 Å². The molecule has 2 rings (SSSR count). The third-order valence-corrected chi connectivity index (χ3v) is 4.10. The van der Waals surface area contributed by atoms with Crippen LogP contribution in [0.1, 0.15) is 32.6 Å². The number of hydrogen-bond donors (Lipinski definition) is 1. The van der Waals surface area contributed by atoms with Crippen LogP contribution in [0.5, 0.6) is 0 Å². The summed E-state index contributed by atoms with van der Waals surface area (Å²) in [5.41, 5.74) is 0. The lowest BCUT2D eigenvalue weighted by atomic mass is 9.86. The molecule has 1 saturated carbocycles. The summed E-state index contributed by atoms with van der Waals surface area (Å²) in [5, 5.41) is 0. The number of amides is 1. The maximum absolute atomic E-state index is 10.6. The summed E-state index contributed by atoms with van der Waals surface area (Å²) in [6.07, 6.45) is 6.63. The van der Waals surface area contributed by atoms with Crippen LogP contribution in [-0.4, -0.2) is 43.5 Å². The fraction of sp³-hybridized carbons (Fsp3) is 0.917. The Hall–Kier alpha value is -0.570. The summed E-state index contributed by atoms with van der Waals surface area (Å²) in [4.78, 5) is 14.3. The fourth-order valence-electron chi connectivity index (χ4n) is 3.13. The van der Waals surface area contributed by atoms with Gasteiger partial charge in [0.1, 0.15) is 0 Å². The van der Waals surface area contributed by atoms with E-state index >= 15 is 0 Å². The van der Waals surface area contributed by atoms with Gasteiger partial charge in [0, 0.05) is 6.42 Å². The van der Waals surface area contributed by atoms with E-state index in [1.54, 1.807) is 4.90 Å². The molecular weight excluding hydrogens is 188 g/mol. The second kappa shape index (κ2) is 4.97. The minimum absolute atomic E-state index is 0.877. The lowest BCUT2D eigenvalue weighted by Gasteiger charge is -2.38. The van der Waals surface area contributed by atoms with E-state index in [1.165, 1.54) is 25.7 Å². The first-order valence-electron chi connectivity index (χ1n) is 6.33. The standard InChI is InChI=1S/C12H22N2O/c1-11-3-2-4-12(9-11)14-7-5-13(10-15)6-8-14/h10-12H,2-9H2,1H3/p+1/t11-,12+/m1/s1. The lowest BCUT2D eigenvalue weighted by Crippen LogP contribution is -3.18. The van der Waals surface area contributed by atoms with Gasteiger partial charge in [-0.1, -0.05) is 13.3 Å². The molecule has 3 nitrogen and oxygen atoms in total. The summed E-state index contributed by atoms with van der Waals surface area (Å²) in [6.45, 7) is 6.63. The van der Waals surface area contributed by atoms with Crippen LogP contribution in [0.4, 0.5) is 0 Å². The quantitative estimate of drug-likeness (QED) is 0.635. The molecular formula is C12H23N2O+. The monoisotopic (exact) mass is 211 g/mol. The molecule has 0 bridgehead atoms. The Balaban J connectivity index is 1.81. The molecule has 0 aromatic heterocycles. The first-order chi connectivity index (χ1) is 7.29. The summed E-state index contributed by atoms with van der Waals surface area (Å²) in [5.74, 6) is 0.917. The van der Waals surface area contributed by atoms with Crippen molar-refractivity contribution in [3.05, 3.63) is 0 Å². The van der Waals surface area contributed by atoms with Crippen LogP contribution in [0.2, 0.25) is 0 Å². The molecule has 3 heteroatoms. The highest BCUT2D eigenvalue weighted by molar-refractivity contribution is 5.46. The van der Waals surface area contributed by atoms with Gasteiger partial charge in [0.15, 0.2) is 0 Å². The Labute approximate surface area is 92.4 Å². The van der Waals surface area contributed by atoms with E-state index in [-0.39, 0.29) is 0 Å². The zero-order valence-corrected chi connectivity index (χ0v) is 9.74. The molecule has 1 heterocycles. The number of carbonyl (C=O) groups is 1. The van der Waals surface area contributed by atoms with Crippen LogP contribution in [0, 0.1) is 5.92 Å². The molecule has 1 N–H and O–H groups in total. The largest absolute Gasteiger partial charge is 0.334 e. The van der Waals surface area contributed by atoms with Gasteiger partial charge in [-0.15, -0.1) is 0 Å². The first kappa shape index (κ1) is 10.9. The Morgan fingerprint density at radius 1 is 1.27 bits per heavy atom. The number of rotatable bonds is 2. The number of carbonyl (C=O) groups excluding carboxylic acids is 1. The lowest BCUT2D eigenvalue weighted by molar-refractivity contribution is -0.930. The third kappa shape index (κ3) is 2.71. The second-order valence-corrected chi connectivity index (χ2v) is 5.27. The molecule has 0 unspecified atom stereocenters. The fourth-order valence-corrected chi connectivity index (χ4v) is 3.13. The zero-order valence-electron chi connectivity index (χ0n) is 9.74. The molecule has 2 aliphatic rings. The van der Waals surface area contributed by atoms with Crippen LogP contribution in [0.25, 0.3) is 0 Å². The summed E-state index contributed by atoms with van der Waals surface area (Å²) >= 11 is 0. The van der Waals surface area contributed by atoms with Crippen molar-refractivity contribution < 1.29 is 9.69 Å². The molecule has 1 amide bonds. The van der Waals surface area contributed by atoms with Crippen LogP contribution in [0.15, 0.2) is 0 Å². The van der Waals surface area contributed by atoms with E-state index in [9.17, 15) is 4.79 Å². The highest BCUT2D eigenvalue weighted by atomic mass is 16.1. The minimum atomic E-state index is 0.877. The average molecular weight is 211 g/mol. The maximum atomic E-state index is 10.6. The molecule has 15 heavy (non-hydrogen) atoms. The normalized spacial score (nSPS) is 34.1. The molecule has 86 valence electrons. The van der Waals surface area contributed by atoms with E-state index in [1.807, 2.05) is 4.90 Å². The van der Waals surface area contributed by atoms with Gasteiger partial charge < -0.3 is 9.80 Å². The molecule has 0 radical (unpaired) electrons. The van der Waals surface area contributed by atoms with E-state index in [2.05, 4.69) is 6.92 Å². The van der Waals surface area contributed by atoms with Crippen molar-refractivity contribution in [1.29, 1.82) is 0 Å². The molecule has 1 saturated heterocycles. The van der Waals surface area contributed by atoms with Gasteiger partial charge in [-0.2, -0.15) is 0 Å². The average Bonchev–Trinajstić information content (AvgIpc) is 2.29. The van der Waals surface area contributed by atoms with Crippen molar-refractivity contribution in [2.75, 3.05) is 26.2 Å². The van der Waals surface area contributed by atoms with E-state index in [4.69, 9.17) is 0 Å². The van der Waals surface area contributed by atoms with Crippen molar-refractivity contribution in [2.24, 2.45) is 5.92 Å². The van der Waals surface area contributed by atoms with Crippen LogP contribution in [0.3, 0.4) is 0 Å². The van der Waals surface area contributed by atoms with Crippen LogP contribution < -0.4 is 4.90 Å². The Morgan fingerprint density at radius 2 is 2.00 bits per heavy atom. The summed E-state index contributed by atoms with van der Waals surface area (Å²) in [7, 11) is 0. The maximum Gasteiger partial charge on any atom is 0.210 e. The van der Waals surface area contributed by atoms with Crippen molar-refractivity contribution in [3.63, 3.8) is 0 Å². The highest BCUT2D eigenvalue weighted by Crippen LogP contribution is 2.21. The highest BCUT2D eigenvalue weighted by Gasteiger charge is 2.30. The number of hydrogen-bond acceptors (Lipinski definition) is 1. The van der Waals surface area contributed by atoms with Gasteiger partial charge in [0.25, 0.3) is 0 Å². The van der Waals surface area contributed by atoms with Crippen molar-refractivity contribution >= 4 is 6.41 Å². The minimum Gasteiger partial charge on any atom is -0.334 e. The van der Waals surface area contributed by atoms with Gasteiger partial charge in [-0.25, -0.2) is 0 Å². The molecule has 2 atom stereocenters. The number of quaternary nitrogens is 1. The van der Waals surface area contributed by atoms with Gasteiger partial charge in [0.2, 0.25) is 6.41 Å². The first-order valence-corrected chi connectivity index (χ1v) is 6.33. The Kier molecular flexibility index (Phi) is 3.62. The number of nitrogens with zero attached hydrogens (tertiary/aromatic N) is 1. The predicted octanol–water partition coefficient (Wildman–Crippen LogP) is -0.0780. The van der Waals surface area contributed by atoms with Gasteiger partial charge in [-0.05, 0) is 18.8 Å². The topological polar surface area (TPSA) is 24.8 Å². The van der Waals surface area contributed by atoms with Crippen molar-refractivity contribution in [3.8, 4) is 0 Å². The number of piperazine rings is 1. The summed E-state index contributed by atoms with van der Waals surface area (Å²) in [6, 6.07) is 0.877. The second-order valence-electron chi connectivity index (χ2n) is 5.27. The smallest absolute Gasteiger partial charge is 0.210 e. The van der Waals surface area contributed by atoms with Gasteiger partial charge in [-0.3, -0.25) is 4.79 Å². The Morgan fingerprint density at radius 3 is 2.60 bits per heavy atom. The van der Waals surface area contributed by atoms with Crippen molar-refractivity contribution in [1.82, 2.24) is 4.90 Å². The number of nitrogens with one attached hydrogen (secondary N) is 1. The molecule has 2 fully saturated rings. The van der Waals surface area contributed by atoms with E-state index in [0.29, 0.717) is 0 Å². The van der Waals surface area contributed by atoms with Crippen LogP contribution >= 0.6 is 0 Å². The molecule has 0 spiro atoms. The Bertz CT molecular complexity index is 212. The molecule has 0 aromatic rings. The summed E-state index contributed by atoms with van der Waals surface area (Å²) < 4.78 is 0. The molecule has 0 aromatic carbocycles. The van der Waals surface area contributed by atoms with Crippen LogP contribution in [-0.2, 0) is 4.79 Å². The SMILES string of the molecule is C[C@@H]1CCC[C@H]([NH+]2CCN(C=O)CC2)C1. The van der Waals surface area contributed by atoms with Gasteiger partial charge >= 0.3 is 0 Å².